The molecule has 2 aromatic rings. The van der Waals surface area contributed by atoms with Crippen molar-refractivity contribution in [1.82, 2.24) is 15.3 Å². The van der Waals surface area contributed by atoms with Crippen LogP contribution in [0.1, 0.15) is 30.8 Å². The molecule has 1 atom stereocenters. The number of aromatic amines is 1. The van der Waals surface area contributed by atoms with E-state index in [0.29, 0.717) is 0 Å². The molecule has 19 heavy (non-hydrogen) atoms. The Morgan fingerprint density at radius 3 is 3.00 bits per heavy atom. The number of hydrogen-bond acceptors (Lipinski definition) is 2. The van der Waals surface area contributed by atoms with E-state index in [1.807, 2.05) is 24.4 Å². The molecule has 1 unspecified atom stereocenters. The van der Waals surface area contributed by atoms with Gasteiger partial charge in [0, 0.05) is 34.4 Å². The number of rotatable bonds is 6. The predicted octanol–water partition coefficient (Wildman–Crippen LogP) is 4.11. The van der Waals surface area contributed by atoms with Crippen LogP contribution in [-0.2, 0) is 6.42 Å². The van der Waals surface area contributed by atoms with E-state index in [1.165, 1.54) is 0 Å². The van der Waals surface area contributed by atoms with Crippen molar-refractivity contribution in [1.29, 1.82) is 0 Å². The first kappa shape index (κ1) is 14.6. The van der Waals surface area contributed by atoms with Crippen molar-refractivity contribution in [3.8, 4) is 0 Å². The number of nitrogens with one attached hydrogen (secondary N) is 2. The summed E-state index contributed by atoms with van der Waals surface area (Å²) in [7, 11) is 0. The minimum Gasteiger partial charge on any atom is -0.349 e. The monoisotopic (exact) mass is 341 g/mol. The van der Waals surface area contributed by atoms with Crippen molar-refractivity contribution in [2.24, 2.45) is 0 Å². The maximum atomic E-state index is 6.10. The van der Waals surface area contributed by atoms with Crippen LogP contribution in [0.15, 0.2) is 35.1 Å². The SMILES string of the molecule is CCCNC(Cc1ncc[nH]1)c1cc(Cl)ccc1Br. The van der Waals surface area contributed by atoms with Crippen molar-refractivity contribution in [3.63, 3.8) is 0 Å². The number of imidazole rings is 1. The molecular weight excluding hydrogens is 326 g/mol. The van der Waals surface area contributed by atoms with Gasteiger partial charge < -0.3 is 10.3 Å². The fraction of sp³-hybridized carbons (Fsp3) is 0.357. The average Bonchev–Trinajstić information content (AvgIpc) is 2.90. The van der Waals surface area contributed by atoms with Gasteiger partial charge in [0.25, 0.3) is 0 Å². The summed E-state index contributed by atoms with van der Waals surface area (Å²) in [6.45, 7) is 3.12. The largest absolute Gasteiger partial charge is 0.349 e. The summed E-state index contributed by atoms with van der Waals surface area (Å²) in [6, 6.07) is 6.07. The van der Waals surface area contributed by atoms with Gasteiger partial charge in [-0.2, -0.15) is 0 Å². The molecule has 0 aliphatic rings. The maximum absolute atomic E-state index is 6.10. The smallest absolute Gasteiger partial charge is 0.107 e. The molecular formula is C14H17BrClN3. The zero-order chi connectivity index (χ0) is 13.7. The lowest BCUT2D eigenvalue weighted by Gasteiger charge is -2.19. The fourth-order valence-corrected chi connectivity index (χ4v) is 2.70. The molecule has 2 N–H and O–H groups in total. The van der Waals surface area contributed by atoms with E-state index in [4.69, 9.17) is 11.6 Å². The van der Waals surface area contributed by atoms with Gasteiger partial charge in [0.15, 0.2) is 0 Å². The number of benzene rings is 1. The van der Waals surface area contributed by atoms with Gasteiger partial charge in [-0.25, -0.2) is 4.98 Å². The van der Waals surface area contributed by atoms with Crippen LogP contribution < -0.4 is 5.32 Å². The molecule has 0 aliphatic heterocycles. The van der Waals surface area contributed by atoms with Crippen molar-refractivity contribution in [3.05, 3.63) is 51.5 Å². The standard InChI is InChI=1S/C14H17BrClN3/c1-2-5-17-13(9-14-18-6-7-19-14)11-8-10(16)3-4-12(11)15/h3-4,6-8,13,17H,2,5,9H2,1H3,(H,18,19). The van der Waals surface area contributed by atoms with Crippen LogP contribution >= 0.6 is 27.5 Å². The van der Waals surface area contributed by atoms with Crippen LogP contribution in [0, 0.1) is 0 Å². The molecule has 1 heterocycles. The molecule has 1 aromatic heterocycles. The van der Waals surface area contributed by atoms with Crippen LogP contribution in [-0.4, -0.2) is 16.5 Å². The predicted molar refractivity (Wildman–Crippen MR) is 82.5 cm³/mol. The summed E-state index contributed by atoms with van der Waals surface area (Å²) in [5.74, 6) is 0.973. The van der Waals surface area contributed by atoms with Crippen molar-refractivity contribution >= 4 is 27.5 Å². The van der Waals surface area contributed by atoms with Crippen LogP contribution in [0.4, 0.5) is 0 Å². The normalized spacial score (nSPS) is 12.6. The average molecular weight is 343 g/mol. The molecule has 5 heteroatoms. The van der Waals surface area contributed by atoms with E-state index >= 15 is 0 Å². The lowest BCUT2D eigenvalue weighted by atomic mass is 10.0. The maximum Gasteiger partial charge on any atom is 0.107 e. The Bertz CT molecular complexity index is 513. The highest BCUT2D eigenvalue weighted by atomic mass is 79.9. The molecule has 0 radical (unpaired) electrons. The van der Waals surface area contributed by atoms with Gasteiger partial charge in [-0.3, -0.25) is 0 Å². The highest BCUT2D eigenvalue weighted by Gasteiger charge is 2.16. The molecule has 0 fully saturated rings. The minimum atomic E-state index is 0.194. The van der Waals surface area contributed by atoms with E-state index in [2.05, 4.69) is 38.1 Å². The van der Waals surface area contributed by atoms with Gasteiger partial charge in [-0.05, 0) is 36.7 Å². The molecule has 0 saturated carbocycles. The van der Waals surface area contributed by atoms with Gasteiger partial charge in [0.05, 0.1) is 0 Å². The Hall–Kier alpha value is -0.840. The van der Waals surface area contributed by atoms with E-state index in [0.717, 1.165) is 40.3 Å². The molecule has 3 nitrogen and oxygen atoms in total. The first-order chi connectivity index (χ1) is 9.20. The zero-order valence-electron chi connectivity index (χ0n) is 10.8. The van der Waals surface area contributed by atoms with Crippen LogP contribution in [0.25, 0.3) is 0 Å². The second-order valence-corrected chi connectivity index (χ2v) is 5.70. The highest BCUT2D eigenvalue weighted by Crippen LogP contribution is 2.28. The topological polar surface area (TPSA) is 40.7 Å². The Balaban J connectivity index is 2.23. The van der Waals surface area contributed by atoms with Crippen LogP contribution in [0.3, 0.4) is 0 Å². The molecule has 0 aliphatic carbocycles. The summed E-state index contributed by atoms with van der Waals surface area (Å²) in [4.78, 5) is 7.45. The van der Waals surface area contributed by atoms with Gasteiger partial charge in [-0.15, -0.1) is 0 Å². The summed E-state index contributed by atoms with van der Waals surface area (Å²) >= 11 is 9.70. The van der Waals surface area contributed by atoms with E-state index in [-0.39, 0.29) is 6.04 Å². The van der Waals surface area contributed by atoms with Crippen LogP contribution in [0.2, 0.25) is 5.02 Å². The lowest BCUT2D eigenvalue weighted by molar-refractivity contribution is 0.518. The lowest BCUT2D eigenvalue weighted by Crippen LogP contribution is -2.25. The summed E-state index contributed by atoms with van der Waals surface area (Å²) in [5, 5.41) is 4.29. The fourth-order valence-electron chi connectivity index (χ4n) is 2.00. The van der Waals surface area contributed by atoms with Gasteiger partial charge in [0.1, 0.15) is 5.82 Å². The molecule has 0 saturated heterocycles. The van der Waals surface area contributed by atoms with Crippen LogP contribution in [0.5, 0.6) is 0 Å². The van der Waals surface area contributed by atoms with E-state index < -0.39 is 0 Å². The number of hydrogen-bond donors (Lipinski definition) is 2. The summed E-state index contributed by atoms with van der Waals surface area (Å²) < 4.78 is 1.07. The highest BCUT2D eigenvalue weighted by molar-refractivity contribution is 9.10. The van der Waals surface area contributed by atoms with Gasteiger partial charge in [0.2, 0.25) is 0 Å². The second kappa shape index (κ2) is 7.08. The van der Waals surface area contributed by atoms with Gasteiger partial charge in [-0.1, -0.05) is 34.5 Å². The van der Waals surface area contributed by atoms with E-state index in [9.17, 15) is 0 Å². The third-order valence-electron chi connectivity index (χ3n) is 2.93. The number of halogens is 2. The van der Waals surface area contributed by atoms with E-state index in [1.54, 1.807) is 6.20 Å². The van der Waals surface area contributed by atoms with Crippen molar-refractivity contribution in [2.45, 2.75) is 25.8 Å². The summed E-state index contributed by atoms with van der Waals surface area (Å²) in [5.41, 5.74) is 1.16. The Labute approximate surface area is 126 Å². The first-order valence-corrected chi connectivity index (χ1v) is 7.54. The molecule has 0 spiro atoms. The molecule has 1 aromatic carbocycles. The molecule has 0 bridgehead atoms. The first-order valence-electron chi connectivity index (χ1n) is 6.37. The zero-order valence-corrected chi connectivity index (χ0v) is 13.1. The van der Waals surface area contributed by atoms with Crippen molar-refractivity contribution < 1.29 is 0 Å². The Morgan fingerprint density at radius 1 is 1.47 bits per heavy atom. The number of H-pyrrole nitrogens is 1. The Kier molecular flexibility index (Phi) is 5.43. The molecule has 0 amide bonds. The quantitative estimate of drug-likeness (QED) is 0.829. The third kappa shape index (κ3) is 4.06. The summed E-state index contributed by atoms with van der Waals surface area (Å²) in [6.07, 6.45) is 5.53. The minimum absolute atomic E-state index is 0.194. The Morgan fingerprint density at radius 2 is 2.32 bits per heavy atom. The van der Waals surface area contributed by atoms with Gasteiger partial charge >= 0.3 is 0 Å². The second-order valence-electron chi connectivity index (χ2n) is 4.41. The third-order valence-corrected chi connectivity index (χ3v) is 3.88. The number of nitrogens with zero attached hydrogens (tertiary/aromatic N) is 1. The molecule has 102 valence electrons. The molecule has 2 rings (SSSR count). The van der Waals surface area contributed by atoms with Crippen molar-refractivity contribution in [2.75, 3.05) is 6.54 Å². The number of aromatic nitrogens is 2.